The Morgan fingerprint density at radius 1 is 1.35 bits per heavy atom. The first-order chi connectivity index (χ1) is 11.1. The van der Waals surface area contributed by atoms with E-state index in [4.69, 9.17) is 4.74 Å². The van der Waals surface area contributed by atoms with Crippen molar-refractivity contribution in [1.29, 1.82) is 0 Å². The maximum atomic E-state index is 12.0. The van der Waals surface area contributed by atoms with Crippen LogP contribution in [-0.4, -0.2) is 17.5 Å². The number of carbonyl (C=O) groups excluding carboxylic acids is 1. The van der Waals surface area contributed by atoms with Crippen molar-refractivity contribution in [2.24, 2.45) is 0 Å². The molecule has 0 unspecified atom stereocenters. The van der Waals surface area contributed by atoms with E-state index in [9.17, 15) is 4.79 Å². The molecule has 1 N–H and O–H groups in total. The molecule has 0 spiro atoms. The van der Waals surface area contributed by atoms with Crippen molar-refractivity contribution >= 4 is 28.5 Å². The first-order valence-electron chi connectivity index (χ1n) is 7.75. The number of aromatic nitrogens is 1. The average molecular weight is 330 g/mol. The third kappa shape index (κ3) is 5.21. The van der Waals surface area contributed by atoms with Crippen molar-refractivity contribution in [3.05, 3.63) is 46.5 Å². The number of amides is 1. The second kappa shape index (κ2) is 8.48. The highest BCUT2D eigenvalue weighted by molar-refractivity contribution is 7.15. The second-order valence-electron chi connectivity index (χ2n) is 5.22. The summed E-state index contributed by atoms with van der Waals surface area (Å²) in [6.07, 6.45) is 5.38. The van der Waals surface area contributed by atoms with E-state index < -0.39 is 0 Å². The van der Waals surface area contributed by atoms with Crippen LogP contribution in [0.15, 0.2) is 30.3 Å². The molecular weight excluding hydrogens is 308 g/mol. The number of unbranched alkanes of at least 4 members (excludes halogenated alkanes) is 1. The summed E-state index contributed by atoms with van der Waals surface area (Å²) in [5, 5.41) is 3.41. The highest BCUT2D eigenvalue weighted by Crippen LogP contribution is 2.22. The van der Waals surface area contributed by atoms with Crippen molar-refractivity contribution in [1.82, 2.24) is 4.98 Å². The van der Waals surface area contributed by atoms with Gasteiger partial charge in [-0.3, -0.25) is 10.1 Å². The minimum Gasteiger partial charge on any atom is -0.493 e. The molecule has 0 aliphatic rings. The SMILES string of the molecule is CCCCOc1ccccc1/C=C/C(=O)Nc1nc(C)c(C)s1. The van der Waals surface area contributed by atoms with Gasteiger partial charge in [0.25, 0.3) is 0 Å². The number of benzene rings is 1. The molecule has 1 heterocycles. The normalized spacial score (nSPS) is 10.9. The fraction of sp³-hybridized carbons (Fsp3) is 0.333. The second-order valence-corrected chi connectivity index (χ2v) is 6.43. The zero-order valence-electron chi connectivity index (χ0n) is 13.8. The third-order valence-electron chi connectivity index (χ3n) is 3.35. The molecule has 0 atom stereocenters. The largest absolute Gasteiger partial charge is 0.493 e. The Hall–Kier alpha value is -2.14. The first-order valence-corrected chi connectivity index (χ1v) is 8.56. The Labute approximate surface area is 141 Å². The molecule has 122 valence electrons. The Morgan fingerprint density at radius 2 is 2.13 bits per heavy atom. The number of carbonyl (C=O) groups is 1. The van der Waals surface area contributed by atoms with Gasteiger partial charge in [-0.1, -0.05) is 31.5 Å². The Kier molecular flexibility index (Phi) is 6.35. The lowest BCUT2D eigenvalue weighted by atomic mass is 10.2. The molecule has 0 aliphatic carbocycles. The average Bonchev–Trinajstić information content (AvgIpc) is 2.84. The van der Waals surface area contributed by atoms with Gasteiger partial charge in [0.05, 0.1) is 12.3 Å². The fourth-order valence-electron chi connectivity index (χ4n) is 1.91. The number of nitrogens with zero attached hydrogens (tertiary/aromatic N) is 1. The smallest absolute Gasteiger partial charge is 0.250 e. The molecule has 5 heteroatoms. The van der Waals surface area contributed by atoms with E-state index in [1.807, 2.05) is 38.1 Å². The van der Waals surface area contributed by atoms with E-state index in [0.717, 1.165) is 34.7 Å². The summed E-state index contributed by atoms with van der Waals surface area (Å²) in [5.74, 6) is 0.605. The van der Waals surface area contributed by atoms with Crippen molar-refractivity contribution < 1.29 is 9.53 Å². The molecule has 2 rings (SSSR count). The number of ether oxygens (including phenoxy) is 1. The van der Waals surface area contributed by atoms with Crippen LogP contribution in [0, 0.1) is 13.8 Å². The summed E-state index contributed by atoms with van der Waals surface area (Å²) in [6.45, 7) is 6.73. The van der Waals surface area contributed by atoms with Crippen LogP contribution in [0.5, 0.6) is 5.75 Å². The lowest BCUT2D eigenvalue weighted by Gasteiger charge is -2.08. The zero-order chi connectivity index (χ0) is 16.7. The van der Waals surface area contributed by atoms with E-state index in [0.29, 0.717) is 11.7 Å². The first kappa shape index (κ1) is 17.2. The van der Waals surface area contributed by atoms with Crippen LogP contribution in [0.1, 0.15) is 35.9 Å². The quantitative estimate of drug-likeness (QED) is 0.596. The molecule has 4 nitrogen and oxygen atoms in total. The predicted molar refractivity (Wildman–Crippen MR) is 96.1 cm³/mol. The summed E-state index contributed by atoms with van der Waals surface area (Å²) >= 11 is 1.48. The maximum Gasteiger partial charge on any atom is 0.250 e. The number of aryl methyl sites for hydroxylation is 2. The molecule has 0 saturated carbocycles. The van der Waals surface area contributed by atoms with Gasteiger partial charge in [0.1, 0.15) is 5.75 Å². The van der Waals surface area contributed by atoms with E-state index in [1.54, 1.807) is 6.08 Å². The van der Waals surface area contributed by atoms with E-state index in [1.165, 1.54) is 17.4 Å². The van der Waals surface area contributed by atoms with Gasteiger partial charge in [-0.25, -0.2) is 4.98 Å². The molecular formula is C18H22N2O2S. The lowest BCUT2D eigenvalue weighted by Crippen LogP contribution is -2.07. The number of thiazole rings is 1. The van der Waals surface area contributed by atoms with Crippen LogP contribution < -0.4 is 10.1 Å². The van der Waals surface area contributed by atoms with Gasteiger partial charge < -0.3 is 4.74 Å². The van der Waals surface area contributed by atoms with Crippen LogP contribution in [0.25, 0.3) is 6.08 Å². The van der Waals surface area contributed by atoms with Gasteiger partial charge in [0.15, 0.2) is 5.13 Å². The molecule has 1 aromatic carbocycles. The minimum atomic E-state index is -0.192. The number of rotatable bonds is 7. The van der Waals surface area contributed by atoms with E-state index in [2.05, 4.69) is 17.2 Å². The van der Waals surface area contributed by atoms with Crippen LogP contribution in [0.3, 0.4) is 0 Å². The third-order valence-corrected chi connectivity index (χ3v) is 4.34. The predicted octanol–water partition coefficient (Wildman–Crippen LogP) is 4.59. The van der Waals surface area contributed by atoms with Gasteiger partial charge in [-0.15, -0.1) is 11.3 Å². The highest BCUT2D eigenvalue weighted by atomic mass is 32.1. The Bertz CT molecular complexity index is 673. The van der Waals surface area contributed by atoms with Crippen LogP contribution in [0.4, 0.5) is 5.13 Å². The number of para-hydroxylation sites is 1. The zero-order valence-corrected chi connectivity index (χ0v) is 14.6. The van der Waals surface area contributed by atoms with E-state index >= 15 is 0 Å². The van der Waals surface area contributed by atoms with Crippen LogP contribution in [-0.2, 0) is 4.79 Å². The summed E-state index contributed by atoms with van der Waals surface area (Å²) in [6, 6.07) is 7.71. The number of hydrogen-bond donors (Lipinski definition) is 1. The summed E-state index contributed by atoms with van der Waals surface area (Å²) in [5.41, 5.74) is 1.84. The Balaban J connectivity index is 2.00. The monoisotopic (exact) mass is 330 g/mol. The van der Waals surface area contributed by atoms with Gasteiger partial charge >= 0.3 is 0 Å². The maximum absolute atomic E-state index is 12.0. The fourth-order valence-corrected chi connectivity index (χ4v) is 2.73. The summed E-state index contributed by atoms with van der Waals surface area (Å²) in [4.78, 5) is 17.4. The van der Waals surface area contributed by atoms with Crippen molar-refractivity contribution in [2.75, 3.05) is 11.9 Å². The van der Waals surface area contributed by atoms with Crippen LogP contribution in [0.2, 0.25) is 0 Å². The standard InChI is InChI=1S/C18H22N2O2S/c1-4-5-12-22-16-9-7-6-8-15(16)10-11-17(21)20-18-19-13(2)14(3)23-18/h6-11H,4-5,12H2,1-3H3,(H,19,20,21)/b11-10+. The molecule has 1 amide bonds. The number of anilines is 1. The Morgan fingerprint density at radius 3 is 2.83 bits per heavy atom. The van der Waals surface area contributed by atoms with Crippen LogP contribution >= 0.6 is 11.3 Å². The summed E-state index contributed by atoms with van der Waals surface area (Å²) < 4.78 is 5.75. The summed E-state index contributed by atoms with van der Waals surface area (Å²) in [7, 11) is 0. The topological polar surface area (TPSA) is 51.2 Å². The van der Waals surface area contributed by atoms with Gasteiger partial charge in [0.2, 0.25) is 5.91 Å². The molecule has 1 aromatic heterocycles. The van der Waals surface area contributed by atoms with Gasteiger partial charge in [0, 0.05) is 16.5 Å². The number of nitrogens with one attached hydrogen (secondary N) is 1. The molecule has 0 saturated heterocycles. The van der Waals surface area contributed by atoms with Gasteiger partial charge in [-0.2, -0.15) is 0 Å². The van der Waals surface area contributed by atoms with Crippen molar-refractivity contribution in [2.45, 2.75) is 33.6 Å². The molecule has 0 fully saturated rings. The number of hydrogen-bond acceptors (Lipinski definition) is 4. The lowest BCUT2D eigenvalue weighted by molar-refractivity contribution is -0.111. The van der Waals surface area contributed by atoms with E-state index in [-0.39, 0.29) is 5.91 Å². The minimum absolute atomic E-state index is 0.192. The molecule has 23 heavy (non-hydrogen) atoms. The van der Waals surface area contributed by atoms with Crippen molar-refractivity contribution in [3.63, 3.8) is 0 Å². The molecule has 0 radical (unpaired) electrons. The molecule has 0 bridgehead atoms. The van der Waals surface area contributed by atoms with Crippen molar-refractivity contribution in [3.8, 4) is 5.75 Å². The van der Waals surface area contributed by atoms with Gasteiger partial charge in [-0.05, 0) is 32.4 Å². The molecule has 0 aliphatic heterocycles. The molecule has 2 aromatic rings. The highest BCUT2D eigenvalue weighted by Gasteiger charge is 2.06.